The summed E-state index contributed by atoms with van der Waals surface area (Å²) in [7, 11) is 1.60. The van der Waals surface area contributed by atoms with Crippen LogP contribution in [0.5, 0.6) is 0 Å². The highest BCUT2D eigenvalue weighted by Crippen LogP contribution is 2.21. The molecule has 0 heterocycles. The normalized spacial score (nSPS) is 22.2. The van der Waals surface area contributed by atoms with Crippen LogP contribution in [0, 0.1) is 12.3 Å². The number of methoxy groups -OCH3 is 1. The van der Waals surface area contributed by atoms with Gasteiger partial charge in [-0.3, -0.25) is 4.79 Å². The summed E-state index contributed by atoms with van der Waals surface area (Å²) in [6, 6.07) is -0.527. The zero-order valence-electron chi connectivity index (χ0n) is 10.4. The van der Waals surface area contributed by atoms with E-state index < -0.39 is 18.5 Å². The van der Waals surface area contributed by atoms with Gasteiger partial charge in [0, 0.05) is 7.11 Å². The van der Waals surface area contributed by atoms with Crippen LogP contribution in [0.4, 0.5) is 4.79 Å². The zero-order valence-corrected chi connectivity index (χ0v) is 10.4. The lowest BCUT2D eigenvalue weighted by atomic mass is 10.2. The number of hydrogen-bond donors (Lipinski definition) is 2. The molecule has 0 aromatic heterocycles. The second-order valence-corrected chi connectivity index (χ2v) is 4.21. The summed E-state index contributed by atoms with van der Waals surface area (Å²) in [6.45, 7) is -0.428. The first-order valence-electron chi connectivity index (χ1n) is 5.82. The van der Waals surface area contributed by atoms with Crippen molar-refractivity contribution in [2.75, 3.05) is 20.2 Å². The van der Waals surface area contributed by atoms with Crippen LogP contribution in [0.3, 0.4) is 0 Å². The largest absolute Gasteiger partial charge is 0.480 e. The number of rotatable bonds is 5. The third kappa shape index (κ3) is 3.93. The van der Waals surface area contributed by atoms with Crippen molar-refractivity contribution >= 4 is 12.0 Å². The molecular formula is C12H18N2O4. The predicted molar refractivity (Wildman–Crippen MR) is 65.0 cm³/mol. The SMILES string of the molecule is C#CCN(CC(=O)O)C(=O)NC1CCCC1OC. The van der Waals surface area contributed by atoms with E-state index in [0.717, 1.165) is 24.2 Å². The van der Waals surface area contributed by atoms with E-state index in [1.165, 1.54) is 0 Å². The van der Waals surface area contributed by atoms with E-state index in [4.69, 9.17) is 16.3 Å². The summed E-state index contributed by atoms with van der Waals surface area (Å²) in [5.74, 6) is 1.19. The molecule has 1 aliphatic carbocycles. The third-order valence-electron chi connectivity index (χ3n) is 2.96. The molecule has 0 spiro atoms. The minimum absolute atomic E-state index is 0.00790. The van der Waals surface area contributed by atoms with E-state index in [-0.39, 0.29) is 18.7 Å². The molecule has 0 aliphatic heterocycles. The second-order valence-electron chi connectivity index (χ2n) is 4.21. The van der Waals surface area contributed by atoms with Gasteiger partial charge in [0.15, 0.2) is 0 Å². The Bertz CT molecular complexity index is 350. The van der Waals surface area contributed by atoms with Crippen LogP contribution in [0.2, 0.25) is 0 Å². The molecule has 1 fully saturated rings. The fourth-order valence-electron chi connectivity index (χ4n) is 2.10. The molecule has 0 aromatic carbocycles. The number of nitrogens with zero attached hydrogens (tertiary/aromatic N) is 1. The standard InChI is InChI=1S/C12H18N2O4/c1-3-7-14(8-11(15)16)12(17)13-9-5-4-6-10(9)18-2/h1,9-10H,4-8H2,2H3,(H,13,17)(H,15,16). The fourth-order valence-corrected chi connectivity index (χ4v) is 2.10. The molecule has 6 nitrogen and oxygen atoms in total. The quantitative estimate of drug-likeness (QED) is 0.691. The van der Waals surface area contributed by atoms with Crippen molar-refractivity contribution in [3.8, 4) is 12.3 Å². The lowest BCUT2D eigenvalue weighted by Gasteiger charge is -2.24. The molecule has 2 amide bonds. The predicted octanol–water partition coefficient (Wildman–Crippen LogP) is 0.283. The molecule has 2 atom stereocenters. The van der Waals surface area contributed by atoms with Crippen LogP contribution >= 0.6 is 0 Å². The molecule has 1 aliphatic rings. The van der Waals surface area contributed by atoms with Crippen molar-refractivity contribution in [3.63, 3.8) is 0 Å². The molecule has 1 saturated carbocycles. The Kier molecular flexibility index (Phi) is 5.46. The maximum Gasteiger partial charge on any atom is 0.323 e. The molecule has 0 saturated heterocycles. The van der Waals surface area contributed by atoms with Crippen LogP contribution < -0.4 is 5.32 Å². The van der Waals surface area contributed by atoms with Crippen molar-refractivity contribution in [1.29, 1.82) is 0 Å². The van der Waals surface area contributed by atoms with Gasteiger partial charge < -0.3 is 20.1 Å². The zero-order chi connectivity index (χ0) is 13.5. The van der Waals surface area contributed by atoms with Crippen molar-refractivity contribution in [3.05, 3.63) is 0 Å². The van der Waals surface area contributed by atoms with E-state index in [0.29, 0.717) is 0 Å². The van der Waals surface area contributed by atoms with E-state index >= 15 is 0 Å². The first-order chi connectivity index (χ1) is 8.58. The van der Waals surface area contributed by atoms with Gasteiger partial charge >= 0.3 is 12.0 Å². The average Bonchev–Trinajstić information content (AvgIpc) is 2.75. The number of terminal acetylenes is 1. The van der Waals surface area contributed by atoms with Crippen molar-refractivity contribution < 1.29 is 19.4 Å². The number of carbonyl (C=O) groups excluding carboxylic acids is 1. The monoisotopic (exact) mass is 254 g/mol. The highest BCUT2D eigenvalue weighted by molar-refractivity contribution is 5.80. The summed E-state index contributed by atoms with van der Waals surface area (Å²) >= 11 is 0. The lowest BCUT2D eigenvalue weighted by Crippen LogP contribution is -2.49. The fraction of sp³-hybridized carbons (Fsp3) is 0.667. The van der Waals surface area contributed by atoms with E-state index in [1.54, 1.807) is 7.11 Å². The van der Waals surface area contributed by atoms with Gasteiger partial charge in [0.1, 0.15) is 6.54 Å². The Labute approximate surface area is 106 Å². The number of urea groups is 1. The molecule has 2 unspecified atom stereocenters. The number of carboxylic acid groups (broad SMARTS) is 1. The maximum absolute atomic E-state index is 11.9. The van der Waals surface area contributed by atoms with Crippen LogP contribution in [0.1, 0.15) is 19.3 Å². The summed E-state index contributed by atoms with van der Waals surface area (Å²) in [6.07, 6.45) is 7.82. The van der Waals surface area contributed by atoms with Crippen LogP contribution in [0.15, 0.2) is 0 Å². The number of carbonyl (C=O) groups is 2. The van der Waals surface area contributed by atoms with Crippen LogP contribution in [-0.4, -0.2) is 54.4 Å². The van der Waals surface area contributed by atoms with E-state index in [2.05, 4.69) is 11.2 Å². The van der Waals surface area contributed by atoms with Gasteiger partial charge in [-0.1, -0.05) is 5.92 Å². The number of nitrogens with one attached hydrogen (secondary N) is 1. The number of carboxylic acids is 1. The molecular weight excluding hydrogens is 236 g/mol. The smallest absolute Gasteiger partial charge is 0.323 e. The molecule has 0 aromatic rings. The summed E-state index contributed by atoms with van der Waals surface area (Å²) in [4.78, 5) is 23.6. The Morgan fingerprint density at radius 1 is 1.56 bits per heavy atom. The lowest BCUT2D eigenvalue weighted by molar-refractivity contribution is -0.137. The Morgan fingerprint density at radius 3 is 2.83 bits per heavy atom. The molecule has 0 bridgehead atoms. The first kappa shape index (κ1) is 14.3. The number of aliphatic carboxylic acids is 1. The summed E-state index contributed by atoms with van der Waals surface area (Å²) in [5, 5.41) is 11.5. The van der Waals surface area contributed by atoms with Crippen LogP contribution in [-0.2, 0) is 9.53 Å². The summed E-state index contributed by atoms with van der Waals surface area (Å²) in [5.41, 5.74) is 0. The number of ether oxygens (including phenoxy) is 1. The molecule has 100 valence electrons. The van der Waals surface area contributed by atoms with Crippen molar-refractivity contribution in [2.24, 2.45) is 0 Å². The van der Waals surface area contributed by atoms with Gasteiger partial charge in [-0.25, -0.2) is 4.79 Å². The highest BCUT2D eigenvalue weighted by Gasteiger charge is 2.29. The average molecular weight is 254 g/mol. The van der Waals surface area contributed by atoms with Gasteiger partial charge in [-0.15, -0.1) is 6.42 Å². The highest BCUT2D eigenvalue weighted by atomic mass is 16.5. The molecule has 2 N–H and O–H groups in total. The maximum atomic E-state index is 11.9. The molecule has 6 heteroatoms. The third-order valence-corrected chi connectivity index (χ3v) is 2.96. The van der Waals surface area contributed by atoms with Crippen molar-refractivity contribution in [2.45, 2.75) is 31.4 Å². The minimum atomic E-state index is -1.09. The Balaban J connectivity index is 2.55. The molecule has 18 heavy (non-hydrogen) atoms. The molecule has 0 radical (unpaired) electrons. The van der Waals surface area contributed by atoms with Gasteiger partial charge in [0.2, 0.25) is 0 Å². The van der Waals surface area contributed by atoms with Gasteiger partial charge in [0.05, 0.1) is 18.7 Å². The summed E-state index contributed by atoms with van der Waals surface area (Å²) < 4.78 is 5.26. The minimum Gasteiger partial charge on any atom is -0.480 e. The topological polar surface area (TPSA) is 78.9 Å². The van der Waals surface area contributed by atoms with Gasteiger partial charge in [-0.2, -0.15) is 0 Å². The van der Waals surface area contributed by atoms with Crippen LogP contribution in [0.25, 0.3) is 0 Å². The number of amides is 2. The Morgan fingerprint density at radius 2 is 2.28 bits per heavy atom. The van der Waals surface area contributed by atoms with E-state index in [1.807, 2.05) is 0 Å². The van der Waals surface area contributed by atoms with Crippen molar-refractivity contribution in [1.82, 2.24) is 10.2 Å². The van der Waals surface area contributed by atoms with E-state index in [9.17, 15) is 9.59 Å². The van der Waals surface area contributed by atoms with Gasteiger partial charge in [0.25, 0.3) is 0 Å². The van der Waals surface area contributed by atoms with Gasteiger partial charge in [-0.05, 0) is 19.3 Å². The molecule has 1 rings (SSSR count). The number of hydrogen-bond acceptors (Lipinski definition) is 3. The first-order valence-corrected chi connectivity index (χ1v) is 5.82. The second kappa shape index (κ2) is 6.87. The Hall–Kier alpha value is -1.74.